The van der Waals surface area contributed by atoms with Crippen LogP contribution in [0.1, 0.15) is 5.82 Å². The molecule has 2 aromatic heterocycles. The molecule has 166 valence electrons. The Morgan fingerprint density at radius 1 is 0.486 bits per heavy atom. The van der Waals surface area contributed by atoms with Gasteiger partial charge in [0.15, 0.2) is 0 Å². The molecule has 0 atom stereocenters. The first-order chi connectivity index (χ1) is 17.2. The number of nitrogens with zero attached hydrogens (tertiary/aromatic N) is 3. The van der Waals surface area contributed by atoms with E-state index in [1.54, 1.807) is 0 Å². The van der Waals surface area contributed by atoms with Gasteiger partial charge in [0.2, 0.25) is 0 Å². The van der Waals surface area contributed by atoms with Gasteiger partial charge < -0.3 is 0 Å². The first kappa shape index (κ1) is 20.9. The van der Waals surface area contributed by atoms with Crippen LogP contribution in [0.25, 0.3) is 55.5 Å². The van der Waals surface area contributed by atoms with Gasteiger partial charge in [-0.1, -0.05) is 91.0 Å². The van der Waals surface area contributed by atoms with E-state index in [9.17, 15) is 0 Å². The van der Waals surface area contributed by atoms with Crippen LogP contribution in [0.5, 0.6) is 0 Å². The van der Waals surface area contributed by atoms with Crippen molar-refractivity contribution in [2.45, 2.75) is 6.92 Å². The summed E-state index contributed by atoms with van der Waals surface area (Å²) in [5, 5.41) is 2.51. The molecule has 35 heavy (non-hydrogen) atoms. The Bertz CT molecular complexity index is 1620. The standard InChI is InChI=1S/C32H23N3/c1-22-34-31(27-13-9-23(10-14-27)24-17-19-33-20-18-24)21-32(35-22)28-15-11-26(12-16-28)30-8-4-6-25-5-2-3-7-29(25)30/h2-21H,1H3. The quantitative estimate of drug-likeness (QED) is 0.274. The van der Waals surface area contributed by atoms with Crippen molar-refractivity contribution in [3.63, 3.8) is 0 Å². The normalized spacial score (nSPS) is 11.0. The van der Waals surface area contributed by atoms with Gasteiger partial charge in [-0.3, -0.25) is 4.98 Å². The summed E-state index contributed by atoms with van der Waals surface area (Å²) < 4.78 is 0. The maximum Gasteiger partial charge on any atom is 0.126 e. The maximum atomic E-state index is 4.73. The van der Waals surface area contributed by atoms with Crippen LogP contribution < -0.4 is 0 Å². The molecule has 0 aliphatic carbocycles. The molecule has 3 nitrogen and oxygen atoms in total. The van der Waals surface area contributed by atoms with Crippen LogP contribution >= 0.6 is 0 Å². The van der Waals surface area contributed by atoms with Gasteiger partial charge in [-0.05, 0) is 58.1 Å². The molecule has 0 bridgehead atoms. The molecular formula is C32H23N3. The largest absolute Gasteiger partial charge is 0.265 e. The molecule has 2 heterocycles. The highest BCUT2D eigenvalue weighted by Crippen LogP contribution is 2.31. The Kier molecular flexibility index (Phi) is 5.36. The van der Waals surface area contributed by atoms with Gasteiger partial charge in [0.1, 0.15) is 5.82 Å². The van der Waals surface area contributed by atoms with E-state index >= 15 is 0 Å². The molecule has 4 aromatic carbocycles. The third-order valence-corrected chi connectivity index (χ3v) is 6.31. The minimum atomic E-state index is 0.758. The van der Waals surface area contributed by atoms with Gasteiger partial charge in [-0.25, -0.2) is 9.97 Å². The fraction of sp³-hybridized carbons (Fsp3) is 0.0312. The third kappa shape index (κ3) is 4.20. The summed E-state index contributed by atoms with van der Waals surface area (Å²) in [5.74, 6) is 0.758. The van der Waals surface area contributed by atoms with Crippen LogP contribution in [0.4, 0.5) is 0 Å². The molecule has 0 saturated carbocycles. The summed E-state index contributed by atoms with van der Waals surface area (Å²) >= 11 is 0. The second-order valence-electron chi connectivity index (χ2n) is 8.60. The van der Waals surface area contributed by atoms with Crippen LogP contribution in [0.2, 0.25) is 0 Å². The number of hydrogen-bond donors (Lipinski definition) is 0. The van der Waals surface area contributed by atoms with Crippen LogP contribution in [-0.4, -0.2) is 15.0 Å². The number of aryl methyl sites for hydroxylation is 1. The van der Waals surface area contributed by atoms with Crippen molar-refractivity contribution < 1.29 is 0 Å². The summed E-state index contributed by atoms with van der Waals surface area (Å²) in [6, 6.07) is 38.2. The number of fused-ring (bicyclic) bond motifs is 1. The molecule has 6 aromatic rings. The van der Waals surface area contributed by atoms with E-state index < -0.39 is 0 Å². The van der Waals surface area contributed by atoms with E-state index in [4.69, 9.17) is 9.97 Å². The van der Waals surface area contributed by atoms with Crippen LogP contribution in [0.15, 0.2) is 122 Å². The van der Waals surface area contributed by atoms with E-state index in [1.807, 2.05) is 31.5 Å². The van der Waals surface area contributed by atoms with Crippen molar-refractivity contribution in [1.29, 1.82) is 0 Å². The van der Waals surface area contributed by atoms with Gasteiger partial charge in [0.05, 0.1) is 11.4 Å². The lowest BCUT2D eigenvalue weighted by Crippen LogP contribution is -1.95. The predicted octanol–water partition coefficient (Wildman–Crippen LogP) is 8.00. The smallest absolute Gasteiger partial charge is 0.126 e. The highest BCUT2D eigenvalue weighted by atomic mass is 14.9. The van der Waals surface area contributed by atoms with Gasteiger partial charge in [-0.2, -0.15) is 0 Å². The Morgan fingerprint density at radius 2 is 1.03 bits per heavy atom. The van der Waals surface area contributed by atoms with E-state index in [0.717, 1.165) is 39.5 Å². The van der Waals surface area contributed by atoms with Crippen molar-refractivity contribution in [2.24, 2.45) is 0 Å². The lowest BCUT2D eigenvalue weighted by molar-refractivity contribution is 1.06. The first-order valence-electron chi connectivity index (χ1n) is 11.7. The molecule has 0 unspecified atom stereocenters. The highest BCUT2D eigenvalue weighted by Gasteiger charge is 2.09. The van der Waals surface area contributed by atoms with Crippen molar-refractivity contribution in [1.82, 2.24) is 15.0 Å². The topological polar surface area (TPSA) is 38.7 Å². The molecule has 0 N–H and O–H groups in total. The number of rotatable bonds is 4. The molecule has 0 fully saturated rings. The SMILES string of the molecule is Cc1nc(-c2ccc(-c3ccncc3)cc2)cc(-c2ccc(-c3cccc4ccccc34)cc2)n1. The molecule has 0 aliphatic rings. The van der Waals surface area contributed by atoms with Crippen LogP contribution in [0.3, 0.4) is 0 Å². The molecular weight excluding hydrogens is 426 g/mol. The lowest BCUT2D eigenvalue weighted by Gasteiger charge is -2.10. The fourth-order valence-corrected chi connectivity index (χ4v) is 4.54. The van der Waals surface area contributed by atoms with Crippen molar-refractivity contribution in [3.8, 4) is 44.8 Å². The second kappa shape index (κ2) is 8.96. The van der Waals surface area contributed by atoms with E-state index in [1.165, 1.54) is 21.9 Å². The van der Waals surface area contributed by atoms with Gasteiger partial charge in [0.25, 0.3) is 0 Å². The molecule has 0 aliphatic heterocycles. The van der Waals surface area contributed by atoms with E-state index in [2.05, 4.69) is 102 Å². The van der Waals surface area contributed by atoms with Crippen LogP contribution in [-0.2, 0) is 0 Å². The number of aromatic nitrogens is 3. The Labute approximate surface area is 204 Å². The maximum absolute atomic E-state index is 4.73. The predicted molar refractivity (Wildman–Crippen MR) is 144 cm³/mol. The summed E-state index contributed by atoms with van der Waals surface area (Å²) in [5.41, 5.74) is 8.74. The minimum absolute atomic E-state index is 0.758. The summed E-state index contributed by atoms with van der Waals surface area (Å²) in [4.78, 5) is 13.5. The minimum Gasteiger partial charge on any atom is -0.265 e. The zero-order valence-corrected chi connectivity index (χ0v) is 19.4. The van der Waals surface area contributed by atoms with E-state index in [-0.39, 0.29) is 0 Å². The zero-order valence-electron chi connectivity index (χ0n) is 19.4. The fourth-order valence-electron chi connectivity index (χ4n) is 4.54. The molecule has 0 radical (unpaired) electrons. The number of benzene rings is 4. The molecule has 0 spiro atoms. The second-order valence-corrected chi connectivity index (χ2v) is 8.60. The lowest BCUT2D eigenvalue weighted by atomic mass is 9.97. The Balaban J connectivity index is 1.33. The van der Waals surface area contributed by atoms with Gasteiger partial charge >= 0.3 is 0 Å². The molecule has 0 amide bonds. The highest BCUT2D eigenvalue weighted by molar-refractivity contribution is 5.96. The average molecular weight is 450 g/mol. The Hall–Kier alpha value is -4.63. The van der Waals surface area contributed by atoms with E-state index in [0.29, 0.717) is 0 Å². The third-order valence-electron chi connectivity index (χ3n) is 6.31. The monoisotopic (exact) mass is 449 g/mol. The molecule has 3 heteroatoms. The van der Waals surface area contributed by atoms with Gasteiger partial charge in [-0.15, -0.1) is 0 Å². The summed E-state index contributed by atoms with van der Waals surface area (Å²) in [7, 11) is 0. The zero-order chi connectivity index (χ0) is 23.6. The van der Waals surface area contributed by atoms with Crippen molar-refractivity contribution in [2.75, 3.05) is 0 Å². The summed E-state index contributed by atoms with van der Waals surface area (Å²) in [6.45, 7) is 1.95. The van der Waals surface area contributed by atoms with Gasteiger partial charge in [0, 0.05) is 23.5 Å². The summed E-state index contributed by atoms with van der Waals surface area (Å²) in [6.07, 6.45) is 3.63. The molecule has 6 rings (SSSR count). The first-order valence-corrected chi connectivity index (χ1v) is 11.7. The van der Waals surface area contributed by atoms with Crippen molar-refractivity contribution in [3.05, 3.63) is 127 Å². The van der Waals surface area contributed by atoms with Crippen molar-refractivity contribution >= 4 is 10.8 Å². The molecule has 0 saturated heterocycles. The number of pyridine rings is 1. The van der Waals surface area contributed by atoms with Crippen LogP contribution in [0, 0.1) is 6.92 Å². The number of hydrogen-bond acceptors (Lipinski definition) is 3. The average Bonchev–Trinajstić information content (AvgIpc) is 2.93. The Morgan fingerprint density at radius 3 is 1.71 bits per heavy atom.